The molecule has 2 heterocycles. The van der Waals surface area contributed by atoms with Gasteiger partial charge in [0.05, 0.1) is 21.4 Å². The van der Waals surface area contributed by atoms with Crippen molar-refractivity contribution in [1.29, 1.82) is 0 Å². The molecule has 0 N–H and O–H groups in total. The zero-order valence-electron chi connectivity index (χ0n) is 20.1. The first kappa shape index (κ1) is 26.9. The number of carbonyl (C=O) groups excluding carboxylic acids is 3. The number of fused-ring (bicyclic) bond motifs is 1. The Morgan fingerprint density at radius 2 is 1.94 bits per heavy atom. The Hall–Kier alpha value is -2.66. The van der Waals surface area contributed by atoms with Crippen LogP contribution in [0.15, 0.2) is 54.8 Å². The van der Waals surface area contributed by atoms with E-state index in [1.165, 1.54) is 17.1 Å². The topological polar surface area (TPSA) is 91.4 Å². The first-order valence-electron chi connectivity index (χ1n) is 11.5. The number of β-lactam (4-membered cyclic amide) rings is 1. The Morgan fingerprint density at radius 1 is 1.23 bits per heavy atom. The van der Waals surface area contributed by atoms with Crippen LogP contribution in [0.25, 0.3) is 0 Å². The average molecular weight is 595 g/mol. The SMILES string of the molecule is C=CCOOC(=O)C(C)C1C(=O)N2C(C(=O)OCC=C)=C(COc3cc(CC)ccc3I)C(C)C12. The second-order valence-electron chi connectivity index (χ2n) is 8.45. The third-order valence-electron chi connectivity index (χ3n) is 6.35. The van der Waals surface area contributed by atoms with Crippen LogP contribution in [0, 0.1) is 21.3 Å². The van der Waals surface area contributed by atoms with E-state index >= 15 is 0 Å². The first-order chi connectivity index (χ1) is 16.8. The van der Waals surface area contributed by atoms with Crippen LogP contribution >= 0.6 is 22.6 Å². The van der Waals surface area contributed by atoms with Gasteiger partial charge in [0.15, 0.2) is 0 Å². The van der Waals surface area contributed by atoms with Crippen LogP contribution in [0.3, 0.4) is 0 Å². The fourth-order valence-corrected chi connectivity index (χ4v) is 4.93. The number of benzene rings is 1. The van der Waals surface area contributed by atoms with E-state index in [0.717, 1.165) is 15.6 Å². The van der Waals surface area contributed by atoms with Crippen LogP contribution in [0.5, 0.6) is 5.75 Å². The summed E-state index contributed by atoms with van der Waals surface area (Å²) in [5, 5.41) is 0. The number of amides is 1. The Bertz CT molecular complexity index is 1050. The van der Waals surface area contributed by atoms with Gasteiger partial charge in [-0.1, -0.05) is 45.6 Å². The number of hydrogen-bond acceptors (Lipinski definition) is 7. The maximum absolute atomic E-state index is 13.2. The lowest BCUT2D eigenvalue weighted by Gasteiger charge is -2.47. The first-order valence-corrected chi connectivity index (χ1v) is 12.5. The second-order valence-corrected chi connectivity index (χ2v) is 9.61. The quantitative estimate of drug-likeness (QED) is 0.0687. The van der Waals surface area contributed by atoms with Gasteiger partial charge in [-0.05, 0) is 46.7 Å². The summed E-state index contributed by atoms with van der Waals surface area (Å²) in [5.74, 6) is -2.55. The lowest BCUT2D eigenvalue weighted by Crippen LogP contribution is -2.63. The highest BCUT2D eigenvalue weighted by Crippen LogP contribution is 2.49. The van der Waals surface area contributed by atoms with Gasteiger partial charge in [0.25, 0.3) is 0 Å². The normalized spacial score (nSPS) is 21.7. The van der Waals surface area contributed by atoms with Gasteiger partial charge in [-0.2, -0.15) is 4.89 Å². The molecule has 0 saturated carbocycles. The standard InChI is InChI=1S/C26H30INO7/c1-6-11-32-26(31)23-18(14-33-20-13-17(8-3)9-10-19(20)27)15(4)22-21(24(29)28(22)23)16(5)25(30)35-34-12-7-2/h6-7,9-10,13,15-16,21-22H,1-2,8,11-12,14H2,3-5H3. The van der Waals surface area contributed by atoms with Crippen LogP contribution in [0.2, 0.25) is 0 Å². The summed E-state index contributed by atoms with van der Waals surface area (Å²) in [5.41, 5.74) is 1.96. The molecule has 0 aliphatic carbocycles. The second kappa shape index (κ2) is 11.9. The minimum atomic E-state index is -0.760. The number of esters is 1. The summed E-state index contributed by atoms with van der Waals surface area (Å²) < 4.78 is 12.4. The molecular weight excluding hydrogens is 565 g/mol. The Labute approximate surface area is 219 Å². The lowest BCUT2D eigenvalue weighted by atomic mass is 9.74. The molecule has 3 rings (SSSR count). The van der Waals surface area contributed by atoms with Gasteiger partial charge in [-0.25, -0.2) is 9.59 Å². The summed E-state index contributed by atoms with van der Waals surface area (Å²) in [6.07, 6.45) is 3.77. The van der Waals surface area contributed by atoms with Crippen LogP contribution < -0.4 is 4.74 Å². The molecule has 1 fully saturated rings. The Morgan fingerprint density at radius 3 is 2.60 bits per heavy atom. The molecule has 0 bridgehead atoms. The molecule has 1 aromatic carbocycles. The highest BCUT2D eigenvalue weighted by atomic mass is 127. The molecule has 0 aromatic heterocycles. The molecule has 35 heavy (non-hydrogen) atoms. The largest absolute Gasteiger partial charge is 0.488 e. The van der Waals surface area contributed by atoms with E-state index < -0.39 is 29.8 Å². The zero-order valence-corrected chi connectivity index (χ0v) is 22.3. The van der Waals surface area contributed by atoms with E-state index in [9.17, 15) is 14.4 Å². The van der Waals surface area contributed by atoms with Crippen molar-refractivity contribution < 1.29 is 33.6 Å². The van der Waals surface area contributed by atoms with Gasteiger partial charge in [-0.15, -0.1) is 6.58 Å². The van der Waals surface area contributed by atoms with Crippen molar-refractivity contribution >= 4 is 40.4 Å². The molecular formula is C26H30INO7. The fourth-order valence-electron chi connectivity index (χ4n) is 4.44. The zero-order chi connectivity index (χ0) is 25.7. The molecule has 9 heteroatoms. The molecule has 2 aliphatic heterocycles. The van der Waals surface area contributed by atoms with Gasteiger partial charge >= 0.3 is 11.9 Å². The predicted octanol–water partition coefficient (Wildman–Crippen LogP) is 3.99. The molecule has 1 aromatic rings. The van der Waals surface area contributed by atoms with Gasteiger partial charge < -0.3 is 14.4 Å². The van der Waals surface area contributed by atoms with E-state index in [-0.39, 0.29) is 37.3 Å². The number of carbonyl (C=O) groups is 3. The number of rotatable bonds is 12. The fraction of sp³-hybridized carbons (Fsp3) is 0.423. The number of nitrogens with zero attached hydrogens (tertiary/aromatic N) is 1. The van der Waals surface area contributed by atoms with Crippen molar-refractivity contribution in [2.75, 3.05) is 19.8 Å². The summed E-state index contributed by atoms with van der Waals surface area (Å²) in [4.78, 5) is 49.6. The maximum atomic E-state index is 13.2. The highest BCUT2D eigenvalue weighted by Gasteiger charge is 2.61. The van der Waals surface area contributed by atoms with Crippen LogP contribution in [-0.2, 0) is 35.3 Å². The summed E-state index contributed by atoms with van der Waals surface area (Å²) in [6, 6.07) is 5.60. The number of halogens is 1. The van der Waals surface area contributed by atoms with Crippen LogP contribution in [-0.4, -0.2) is 48.6 Å². The molecule has 1 amide bonds. The molecule has 188 valence electrons. The number of ether oxygens (including phenoxy) is 2. The van der Waals surface area contributed by atoms with Crippen molar-refractivity contribution in [3.05, 3.63) is 63.9 Å². The number of hydrogen-bond donors (Lipinski definition) is 0. The molecule has 0 radical (unpaired) electrons. The Balaban J connectivity index is 1.85. The predicted molar refractivity (Wildman–Crippen MR) is 137 cm³/mol. The van der Waals surface area contributed by atoms with Gasteiger partial charge in [0, 0.05) is 11.5 Å². The van der Waals surface area contributed by atoms with E-state index in [0.29, 0.717) is 11.3 Å². The smallest absolute Gasteiger partial charge is 0.355 e. The molecule has 0 spiro atoms. The monoisotopic (exact) mass is 595 g/mol. The van der Waals surface area contributed by atoms with Crippen molar-refractivity contribution in [3.63, 3.8) is 0 Å². The summed E-state index contributed by atoms with van der Waals surface area (Å²) >= 11 is 2.20. The van der Waals surface area contributed by atoms with E-state index in [2.05, 4.69) is 42.7 Å². The average Bonchev–Trinajstić information content (AvgIpc) is 3.10. The third-order valence-corrected chi connectivity index (χ3v) is 7.24. The third kappa shape index (κ3) is 5.45. The van der Waals surface area contributed by atoms with Gasteiger partial charge in [0.2, 0.25) is 5.91 Å². The highest BCUT2D eigenvalue weighted by molar-refractivity contribution is 14.1. The van der Waals surface area contributed by atoms with Crippen molar-refractivity contribution in [2.24, 2.45) is 17.8 Å². The minimum Gasteiger partial charge on any atom is -0.488 e. The van der Waals surface area contributed by atoms with Gasteiger partial charge in [0.1, 0.15) is 31.3 Å². The molecule has 2 aliphatic rings. The van der Waals surface area contributed by atoms with E-state index in [4.69, 9.17) is 19.2 Å². The van der Waals surface area contributed by atoms with E-state index in [1.807, 2.05) is 25.1 Å². The molecule has 4 atom stereocenters. The summed E-state index contributed by atoms with van der Waals surface area (Å²) in [7, 11) is 0. The Kier molecular flexibility index (Phi) is 9.12. The van der Waals surface area contributed by atoms with Crippen molar-refractivity contribution in [3.8, 4) is 5.75 Å². The van der Waals surface area contributed by atoms with Crippen molar-refractivity contribution in [2.45, 2.75) is 33.2 Å². The van der Waals surface area contributed by atoms with E-state index in [1.54, 1.807) is 6.92 Å². The van der Waals surface area contributed by atoms with Crippen LogP contribution in [0.4, 0.5) is 0 Å². The van der Waals surface area contributed by atoms with Crippen LogP contribution in [0.1, 0.15) is 26.3 Å². The van der Waals surface area contributed by atoms with Crippen molar-refractivity contribution in [1.82, 2.24) is 4.90 Å². The maximum Gasteiger partial charge on any atom is 0.355 e. The van der Waals surface area contributed by atoms with Gasteiger partial charge in [-0.3, -0.25) is 9.68 Å². The number of aryl methyl sites for hydroxylation is 1. The minimum absolute atomic E-state index is 0.0147. The summed E-state index contributed by atoms with van der Waals surface area (Å²) in [6.45, 7) is 12.8. The molecule has 8 nitrogen and oxygen atoms in total. The molecule has 4 unspecified atom stereocenters. The molecule has 1 saturated heterocycles. The lowest BCUT2D eigenvalue weighted by molar-refractivity contribution is -0.271.